The highest BCUT2D eigenvalue weighted by atomic mass is 28.4. The van der Waals surface area contributed by atoms with Gasteiger partial charge in [-0.25, -0.2) is 4.79 Å². The highest BCUT2D eigenvalue weighted by Crippen LogP contribution is 2.03. The normalized spacial score (nSPS) is 12.8. The maximum absolute atomic E-state index is 9.25. The Balaban J connectivity index is 0. The van der Waals surface area contributed by atoms with Crippen LogP contribution in [0.3, 0.4) is 0 Å². The summed E-state index contributed by atoms with van der Waals surface area (Å²) >= 11 is 0. The summed E-state index contributed by atoms with van der Waals surface area (Å²) in [5.41, 5.74) is 0. The van der Waals surface area contributed by atoms with Gasteiger partial charge in [-0.3, -0.25) is 0 Å². The van der Waals surface area contributed by atoms with Gasteiger partial charge in [-0.2, -0.15) is 0 Å². The maximum atomic E-state index is 9.25. The first-order valence-electron chi connectivity index (χ1n) is 6.59. The Morgan fingerprint density at radius 1 is 1.45 bits per heavy atom. The minimum absolute atomic E-state index is 0.229. The van der Waals surface area contributed by atoms with Gasteiger partial charge in [0.1, 0.15) is 15.9 Å². The first kappa shape index (κ1) is 21.8. The molecule has 0 radical (unpaired) electrons. The van der Waals surface area contributed by atoms with Crippen molar-refractivity contribution in [2.24, 2.45) is 0 Å². The second-order valence-electron chi connectivity index (χ2n) is 5.12. The standard InChI is InChI=1S/C9H24O4Si2.C3H4O2/c1-15(2,3)13-14-6-4-5-12-8-9(11)7-10;1-2-3(4)5/h9-11H,4-8,14H2,1-3H3;2H,1H2,(H,4,5). The lowest BCUT2D eigenvalue weighted by atomic mass is 10.4. The number of carboxylic acid groups (broad SMARTS) is 1. The molecule has 0 aliphatic rings. The van der Waals surface area contributed by atoms with Crippen molar-refractivity contribution in [1.29, 1.82) is 0 Å². The highest BCUT2D eigenvalue weighted by Gasteiger charge is 2.12. The third kappa shape index (κ3) is 22.6. The molecule has 8 heteroatoms. The molecule has 0 aromatic carbocycles. The van der Waals surface area contributed by atoms with E-state index in [-0.39, 0.29) is 23.0 Å². The van der Waals surface area contributed by atoms with Crippen molar-refractivity contribution < 1.29 is 29.0 Å². The summed E-state index contributed by atoms with van der Waals surface area (Å²) in [5.74, 6) is -0.981. The summed E-state index contributed by atoms with van der Waals surface area (Å²) in [6, 6.07) is 1.12. The van der Waals surface area contributed by atoms with Crippen LogP contribution in [0.4, 0.5) is 0 Å². The van der Waals surface area contributed by atoms with Gasteiger partial charge >= 0.3 is 5.97 Å². The highest BCUT2D eigenvalue weighted by molar-refractivity contribution is 6.73. The van der Waals surface area contributed by atoms with Crippen LogP contribution in [0.15, 0.2) is 12.7 Å². The van der Waals surface area contributed by atoms with Gasteiger partial charge in [0.15, 0.2) is 8.32 Å². The molecule has 1 atom stereocenters. The molecule has 0 heterocycles. The van der Waals surface area contributed by atoms with Gasteiger partial charge in [-0.1, -0.05) is 6.58 Å². The molecule has 0 aliphatic carbocycles. The predicted octanol–water partition coefficient (Wildman–Crippen LogP) is 0.357. The molecule has 3 N–H and O–H groups in total. The molecule has 6 nitrogen and oxygen atoms in total. The second kappa shape index (κ2) is 13.5. The average molecular weight is 325 g/mol. The lowest BCUT2D eigenvalue weighted by molar-refractivity contribution is -0.131. The monoisotopic (exact) mass is 324 g/mol. The molecule has 0 spiro atoms. The molecule has 0 saturated heterocycles. The number of rotatable bonds is 10. The number of aliphatic hydroxyl groups excluding tert-OH is 2. The van der Waals surface area contributed by atoms with E-state index < -0.39 is 20.4 Å². The van der Waals surface area contributed by atoms with Crippen molar-refractivity contribution in [2.45, 2.75) is 38.2 Å². The van der Waals surface area contributed by atoms with Crippen LogP contribution in [0, 0.1) is 0 Å². The van der Waals surface area contributed by atoms with Crippen molar-refractivity contribution >= 4 is 24.0 Å². The van der Waals surface area contributed by atoms with Gasteiger partial charge in [0.25, 0.3) is 0 Å². The Bertz CT molecular complexity index is 255. The molecular weight excluding hydrogens is 296 g/mol. The third-order valence-corrected chi connectivity index (χ3v) is 6.98. The van der Waals surface area contributed by atoms with E-state index in [1.54, 1.807) is 0 Å². The van der Waals surface area contributed by atoms with E-state index >= 15 is 0 Å². The summed E-state index contributed by atoms with van der Waals surface area (Å²) in [7, 11) is -1.68. The number of carboxylic acids is 1. The van der Waals surface area contributed by atoms with Gasteiger partial charge in [0.2, 0.25) is 0 Å². The van der Waals surface area contributed by atoms with Crippen LogP contribution < -0.4 is 0 Å². The number of hydrogen-bond donors (Lipinski definition) is 3. The Labute approximate surface area is 124 Å². The Hall–Kier alpha value is -0.516. The smallest absolute Gasteiger partial charge is 0.327 e. The first-order chi connectivity index (χ1) is 9.22. The fourth-order valence-corrected chi connectivity index (χ4v) is 4.39. The Morgan fingerprint density at radius 2 is 2.00 bits per heavy atom. The number of hydrogen-bond acceptors (Lipinski definition) is 5. The van der Waals surface area contributed by atoms with E-state index in [0.717, 1.165) is 18.5 Å². The lowest BCUT2D eigenvalue weighted by Gasteiger charge is -2.17. The molecule has 0 aromatic heterocycles. The number of aliphatic carboxylic acids is 1. The van der Waals surface area contributed by atoms with Gasteiger partial charge in [0, 0.05) is 12.7 Å². The minimum Gasteiger partial charge on any atom is -0.478 e. The third-order valence-electron chi connectivity index (χ3n) is 1.91. The molecule has 20 heavy (non-hydrogen) atoms. The van der Waals surface area contributed by atoms with Crippen LogP contribution >= 0.6 is 0 Å². The largest absolute Gasteiger partial charge is 0.478 e. The average Bonchev–Trinajstić information content (AvgIpc) is 2.36. The fourth-order valence-electron chi connectivity index (χ4n) is 0.957. The SMILES string of the molecule is C=CC(=O)O.C[Si](C)(C)O[SiH2]CCCOCC(O)CO. The maximum Gasteiger partial charge on any atom is 0.327 e. The summed E-state index contributed by atoms with van der Waals surface area (Å²) in [6.45, 7) is 10.2. The Morgan fingerprint density at radius 3 is 2.40 bits per heavy atom. The molecule has 0 fully saturated rings. The van der Waals surface area contributed by atoms with E-state index in [1.165, 1.54) is 0 Å². The van der Waals surface area contributed by atoms with Gasteiger partial charge < -0.3 is 24.2 Å². The van der Waals surface area contributed by atoms with Crippen LogP contribution in [0.5, 0.6) is 0 Å². The zero-order chi connectivity index (χ0) is 16.0. The summed E-state index contributed by atoms with van der Waals surface area (Å²) in [4.78, 5) is 9.25. The van der Waals surface area contributed by atoms with Crippen molar-refractivity contribution in [3.8, 4) is 0 Å². The second-order valence-corrected chi connectivity index (χ2v) is 11.6. The van der Waals surface area contributed by atoms with E-state index in [2.05, 4.69) is 26.2 Å². The van der Waals surface area contributed by atoms with Crippen molar-refractivity contribution in [3.63, 3.8) is 0 Å². The zero-order valence-corrected chi connectivity index (χ0v) is 15.1. The van der Waals surface area contributed by atoms with Gasteiger partial charge in [-0.05, 0) is 32.1 Å². The molecule has 0 saturated carbocycles. The van der Waals surface area contributed by atoms with E-state index in [4.69, 9.17) is 24.2 Å². The molecule has 0 rings (SSSR count). The van der Waals surface area contributed by atoms with Crippen LogP contribution in [-0.2, 0) is 13.6 Å². The van der Waals surface area contributed by atoms with E-state index in [9.17, 15) is 4.79 Å². The van der Waals surface area contributed by atoms with E-state index in [1.807, 2.05) is 0 Å². The zero-order valence-electron chi connectivity index (χ0n) is 12.7. The van der Waals surface area contributed by atoms with Crippen molar-refractivity contribution in [3.05, 3.63) is 12.7 Å². The number of aliphatic hydroxyl groups is 2. The first-order valence-corrected chi connectivity index (χ1v) is 11.6. The topological polar surface area (TPSA) is 96.2 Å². The number of carbonyl (C=O) groups is 1. The van der Waals surface area contributed by atoms with Crippen molar-refractivity contribution in [2.75, 3.05) is 19.8 Å². The van der Waals surface area contributed by atoms with Gasteiger partial charge in [-0.15, -0.1) is 0 Å². The van der Waals surface area contributed by atoms with Gasteiger partial charge in [0.05, 0.1) is 13.2 Å². The predicted molar refractivity (Wildman–Crippen MR) is 84.1 cm³/mol. The number of ether oxygens (including phenoxy) is 1. The summed E-state index contributed by atoms with van der Waals surface area (Å²) in [6.07, 6.45) is 1.09. The molecule has 0 aromatic rings. The van der Waals surface area contributed by atoms with Crippen LogP contribution in [0.2, 0.25) is 25.7 Å². The fraction of sp³-hybridized carbons (Fsp3) is 0.750. The molecule has 0 aliphatic heterocycles. The van der Waals surface area contributed by atoms with Crippen LogP contribution in [-0.4, -0.2) is 65.3 Å². The summed E-state index contributed by atoms with van der Waals surface area (Å²) < 4.78 is 11.0. The molecule has 0 bridgehead atoms. The molecule has 1 unspecified atom stereocenters. The molecule has 120 valence electrons. The summed E-state index contributed by atoms with van der Waals surface area (Å²) in [5, 5.41) is 25.1. The Kier molecular flexibility index (Phi) is 14.7. The van der Waals surface area contributed by atoms with Crippen molar-refractivity contribution in [1.82, 2.24) is 0 Å². The molecule has 0 amide bonds. The lowest BCUT2D eigenvalue weighted by Crippen LogP contribution is -2.27. The quantitative estimate of drug-likeness (QED) is 0.305. The van der Waals surface area contributed by atoms with Crippen LogP contribution in [0.25, 0.3) is 0 Å². The molecular formula is C12H28O6Si2. The minimum atomic E-state index is -1.30. The van der Waals surface area contributed by atoms with E-state index in [0.29, 0.717) is 6.61 Å². The van der Waals surface area contributed by atoms with Crippen LogP contribution in [0.1, 0.15) is 6.42 Å².